The molecule has 0 unspecified atom stereocenters. The third-order valence-electron chi connectivity index (χ3n) is 1.65. The van der Waals surface area contributed by atoms with Gasteiger partial charge in [-0.3, -0.25) is 0 Å². The summed E-state index contributed by atoms with van der Waals surface area (Å²) in [4.78, 5) is 10.2. The van der Waals surface area contributed by atoms with Crippen molar-refractivity contribution in [2.24, 2.45) is 0 Å². The molecule has 4 heteroatoms. The zero-order valence-corrected chi connectivity index (χ0v) is 8.82. The van der Waals surface area contributed by atoms with Crippen molar-refractivity contribution in [1.82, 2.24) is 0 Å². The van der Waals surface area contributed by atoms with Gasteiger partial charge in [-0.2, -0.15) is 0 Å². The number of carboxylic acids is 1. The quantitative estimate of drug-likeness (QED) is 0.810. The Bertz CT molecular complexity index is 372. The van der Waals surface area contributed by atoms with E-state index in [0.29, 0.717) is 0 Å². The van der Waals surface area contributed by atoms with Crippen LogP contribution in [-0.2, 0) is 11.4 Å². The van der Waals surface area contributed by atoms with Crippen molar-refractivity contribution in [3.63, 3.8) is 0 Å². The molecule has 14 heavy (non-hydrogen) atoms. The summed E-state index contributed by atoms with van der Waals surface area (Å²) >= 11 is 3.26. The van der Waals surface area contributed by atoms with Crippen LogP contribution in [0.5, 0.6) is 0 Å². The minimum Gasteiger partial charge on any atom is -0.545 e. The molecule has 0 atom stereocenters. The number of hydrogen-bond acceptors (Lipinski definition) is 3. The van der Waals surface area contributed by atoms with Gasteiger partial charge in [0.25, 0.3) is 0 Å². The van der Waals surface area contributed by atoms with Crippen molar-refractivity contribution in [3.8, 4) is 0 Å². The molecular weight excluding hydrogens is 248 g/mol. The lowest BCUT2D eigenvalue weighted by Gasteiger charge is -2.01. The first kappa shape index (κ1) is 10.9. The number of aliphatic carboxylic acids is 1. The average molecular weight is 256 g/mol. The monoisotopic (exact) mass is 255 g/mol. The van der Waals surface area contributed by atoms with E-state index in [1.165, 1.54) is 6.08 Å². The van der Waals surface area contributed by atoms with E-state index in [4.69, 9.17) is 5.11 Å². The highest BCUT2D eigenvalue weighted by Crippen LogP contribution is 2.19. The fourth-order valence-electron chi connectivity index (χ4n) is 0.962. The Balaban J connectivity index is 2.94. The second-order valence-corrected chi connectivity index (χ2v) is 3.52. The molecule has 0 bridgehead atoms. The summed E-state index contributed by atoms with van der Waals surface area (Å²) in [6.45, 7) is -0.0386. The first-order chi connectivity index (χ1) is 6.63. The number of aliphatic hydroxyl groups excluding tert-OH is 1. The van der Waals surface area contributed by atoms with E-state index in [1.54, 1.807) is 18.2 Å². The Kier molecular flexibility index (Phi) is 3.85. The molecule has 0 heterocycles. The van der Waals surface area contributed by atoms with Gasteiger partial charge in [0, 0.05) is 4.47 Å². The van der Waals surface area contributed by atoms with Gasteiger partial charge in [-0.05, 0) is 23.3 Å². The van der Waals surface area contributed by atoms with Gasteiger partial charge in [0.15, 0.2) is 0 Å². The largest absolute Gasteiger partial charge is 0.545 e. The SMILES string of the molecule is O=C([O-])/C=C/c1ccc(CO)cc1Br. The maximum Gasteiger partial charge on any atom is 0.0682 e. The van der Waals surface area contributed by atoms with E-state index in [9.17, 15) is 9.90 Å². The summed E-state index contributed by atoms with van der Waals surface area (Å²) in [7, 11) is 0. The molecule has 0 spiro atoms. The average Bonchev–Trinajstić information content (AvgIpc) is 2.15. The van der Waals surface area contributed by atoms with Gasteiger partial charge in [-0.1, -0.05) is 34.1 Å². The van der Waals surface area contributed by atoms with Gasteiger partial charge >= 0.3 is 0 Å². The van der Waals surface area contributed by atoms with Crippen LogP contribution in [0.3, 0.4) is 0 Å². The number of rotatable bonds is 3. The van der Waals surface area contributed by atoms with Crippen LogP contribution in [0.1, 0.15) is 11.1 Å². The van der Waals surface area contributed by atoms with Gasteiger partial charge in [0.1, 0.15) is 0 Å². The molecule has 0 saturated carbocycles. The molecule has 0 fully saturated rings. The van der Waals surface area contributed by atoms with Crippen LogP contribution in [0, 0.1) is 0 Å². The number of carboxylic acid groups (broad SMARTS) is 1. The molecular formula is C10H8BrO3-. The zero-order chi connectivity index (χ0) is 10.6. The van der Waals surface area contributed by atoms with Crippen LogP contribution in [-0.4, -0.2) is 11.1 Å². The summed E-state index contributed by atoms with van der Waals surface area (Å²) in [5.74, 6) is -1.23. The van der Waals surface area contributed by atoms with Crippen LogP contribution in [0.15, 0.2) is 28.7 Å². The van der Waals surface area contributed by atoms with E-state index in [-0.39, 0.29) is 6.61 Å². The molecule has 74 valence electrons. The second kappa shape index (κ2) is 4.93. The van der Waals surface area contributed by atoms with Crippen molar-refractivity contribution in [2.45, 2.75) is 6.61 Å². The van der Waals surface area contributed by atoms with E-state index < -0.39 is 5.97 Å². The standard InChI is InChI=1S/C10H9BrO3/c11-9-5-7(6-12)1-2-8(9)3-4-10(13)14/h1-5,12H,6H2,(H,13,14)/p-1/b4-3+. The molecule has 1 aromatic rings. The minimum absolute atomic E-state index is 0.0386. The van der Waals surface area contributed by atoms with Crippen LogP contribution < -0.4 is 5.11 Å². The number of halogens is 1. The molecule has 1 aromatic carbocycles. The summed E-state index contributed by atoms with van der Waals surface area (Å²) in [6, 6.07) is 5.17. The van der Waals surface area contributed by atoms with Gasteiger partial charge in [0.2, 0.25) is 0 Å². The normalized spacial score (nSPS) is 10.7. The second-order valence-electron chi connectivity index (χ2n) is 2.67. The van der Waals surface area contributed by atoms with E-state index in [1.807, 2.05) is 0 Å². The van der Waals surface area contributed by atoms with Gasteiger partial charge < -0.3 is 15.0 Å². The van der Waals surface area contributed by atoms with E-state index >= 15 is 0 Å². The number of hydrogen-bond donors (Lipinski definition) is 1. The molecule has 0 saturated heterocycles. The third kappa shape index (κ3) is 2.97. The highest BCUT2D eigenvalue weighted by molar-refractivity contribution is 9.10. The molecule has 0 aliphatic heterocycles. The van der Waals surface area contributed by atoms with Crippen molar-refractivity contribution in [2.75, 3.05) is 0 Å². The highest BCUT2D eigenvalue weighted by Gasteiger charge is 1.97. The maximum atomic E-state index is 10.2. The fourth-order valence-corrected chi connectivity index (χ4v) is 1.52. The topological polar surface area (TPSA) is 60.4 Å². The van der Waals surface area contributed by atoms with Crippen LogP contribution in [0.25, 0.3) is 6.08 Å². The first-order valence-corrected chi connectivity index (χ1v) is 4.71. The number of carbonyl (C=O) groups is 1. The zero-order valence-electron chi connectivity index (χ0n) is 7.24. The van der Waals surface area contributed by atoms with Crippen molar-refractivity contribution < 1.29 is 15.0 Å². The van der Waals surface area contributed by atoms with Crippen LogP contribution in [0.4, 0.5) is 0 Å². The predicted octanol–water partition coefficient (Wildman–Crippen LogP) is 0.705. The maximum absolute atomic E-state index is 10.2. The Hall–Kier alpha value is -1.13. The Morgan fingerprint density at radius 3 is 2.79 bits per heavy atom. The predicted molar refractivity (Wildman–Crippen MR) is 54.1 cm³/mol. The molecule has 0 radical (unpaired) electrons. The lowest BCUT2D eigenvalue weighted by atomic mass is 10.1. The van der Waals surface area contributed by atoms with Gasteiger partial charge in [-0.15, -0.1) is 0 Å². The van der Waals surface area contributed by atoms with E-state index in [0.717, 1.165) is 21.7 Å². The summed E-state index contributed by atoms with van der Waals surface area (Å²) < 4.78 is 0.738. The fraction of sp³-hybridized carbons (Fsp3) is 0.100. The first-order valence-electron chi connectivity index (χ1n) is 3.92. The highest BCUT2D eigenvalue weighted by atomic mass is 79.9. The van der Waals surface area contributed by atoms with Gasteiger partial charge in [-0.25, -0.2) is 0 Å². The molecule has 1 N–H and O–H groups in total. The van der Waals surface area contributed by atoms with E-state index in [2.05, 4.69) is 15.9 Å². The van der Waals surface area contributed by atoms with Crippen LogP contribution >= 0.6 is 15.9 Å². The molecule has 0 aliphatic carbocycles. The molecule has 0 amide bonds. The van der Waals surface area contributed by atoms with Crippen LogP contribution in [0.2, 0.25) is 0 Å². The smallest absolute Gasteiger partial charge is 0.0682 e. The Labute approximate surface area is 89.8 Å². The van der Waals surface area contributed by atoms with Crippen molar-refractivity contribution in [1.29, 1.82) is 0 Å². The molecule has 0 aliphatic rings. The summed E-state index contributed by atoms with van der Waals surface area (Å²) in [6.07, 6.45) is 2.39. The van der Waals surface area contributed by atoms with Gasteiger partial charge in [0.05, 0.1) is 12.6 Å². The lowest BCUT2D eigenvalue weighted by Crippen LogP contribution is -2.18. The lowest BCUT2D eigenvalue weighted by molar-refractivity contribution is -0.297. The number of benzene rings is 1. The molecule has 1 rings (SSSR count). The minimum atomic E-state index is -1.23. The Morgan fingerprint density at radius 1 is 1.57 bits per heavy atom. The molecule has 3 nitrogen and oxygen atoms in total. The summed E-state index contributed by atoms with van der Waals surface area (Å²) in [5.41, 5.74) is 1.49. The summed E-state index contributed by atoms with van der Waals surface area (Å²) in [5, 5.41) is 19.0. The molecule has 0 aromatic heterocycles. The van der Waals surface area contributed by atoms with Crippen molar-refractivity contribution >= 4 is 28.0 Å². The number of aliphatic hydroxyl groups is 1. The third-order valence-corrected chi connectivity index (χ3v) is 2.33. The Morgan fingerprint density at radius 2 is 2.29 bits per heavy atom. The number of carbonyl (C=O) groups excluding carboxylic acids is 1. The van der Waals surface area contributed by atoms with Crippen molar-refractivity contribution in [3.05, 3.63) is 39.9 Å².